The molecule has 0 saturated carbocycles. The minimum atomic E-state index is -0.178. The van der Waals surface area contributed by atoms with Crippen LogP contribution in [0.15, 0.2) is 47.8 Å². The lowest BCUT2D eigenvalue weighted by Gasteiger charge is -2.04. The molecule has 0 saturated heterocycles. The van der Waals surface area contributed by atoms with Crippen molar-refractivity contribution in [1.29, 1.82) is 0 Å². The molecule has 1 N–H and O–H groups in total. The quantitative estimate of drug-likeness (QED) is 0.598. The van der Waals surface area contributed by atoms with Crippen LogP contribution in [-0.4, -0.2) is 25.9 Å². The lowest BCUT2D eigenvalue weighted by Crippen LogP contribution is -2.19. The second-order valence-electron chi connectivity index (χ2n) is 6.14. The molecule has 26 heavy (non-hydrogen) atoms. The maximum absolute atomic E-state index is 12.4. The number of anilines is 1. The number of nitrogens with one attached hydrogen (secondary N) is 1. The van der Waals surface area contributed by atoms with Gasteiger partial charge in [0, 0.05) is 10.9 Å². The summed E-state index contributed by atoms with van der Waals surface area (Å²) in [5, 5.41) is 13.5. The Morgan fingerprint density at radius 2 is 2.04 bits per heavy atom. The third-order valence-electron chi connectivity index (χ3n) is 4.13. The molecular formula is C19H17N5OS. The van der Waals surface area contributed by atoms with Crippen LogP contribution in [0, 0.1) is 13.8 Å². The van der Waals surface area contributed by atoms with Gasteiger partial charge in [0.25, 0.3) is 0 Å². The van der Waals surface area contributed by atoms with Crippen LogP contribution in [0.1, 0.15) is 11.1 Å². The highest BCUT2D eigenvalue weighted by Gasteiger charge is 2.12. The number of para-hydroxylation sites is 1. The van der Waals surface area contributed by atoms with Crippen molar-refractivity contribution < 1.29 is 4.79 Å². The van der Waals surface area contributed by atoms with Gasteiger partial charge in [-0.2, -0.15) is 0 Å². The first kappa shape index (κ1) is 16.4. The van der Waals surface area contributed by atoms with Crippen molar-refractivity contribution in [1.82, 2.24) is 20.0 Å². The average molecular weight is 363 g/mol. The minimum Gasteiger partial charge on any atom is -0.300 e. The molecule has 0 fully saturated rings. The largest absolute Gasteiger partial charge is 0.300 e. The van der Waals surface area contributed by atoms with E-state index in [1.807, 2.05) is 29.6 Å². The number of hydrogen-bond donors (Lipinski definition) is 1. The molecule has 0 aliphatic heterocycles. The molecule has 0 unspecified atom stereocenters. The number of carbonyl (C=O) groups excluding carboxylic acids is 1. The Labute approximate surface area is 154 Å². The van der Waals surface area contributed by atoms with Crippen molar-refractivity contribution in [2.45, 2.75) is 20.4 Å². The number of benzene rings is 2. The van der Waals surface area contributed by atoms with Gasteiger partial charge in [-0.1, -0.05) is 35.0 Å². The Morgan fingerprint density at radius 1 is 1.19 bits per heavy atom. The zero-order valence-electron chi connectivity index (χ0n) is 14.4. The number of nitrogens with zero attached hydrogens (tertiary/aromatic N) is 4. The summed E-state index contributed by atoms with van der Waals surface area (Å²) in [6, 6.07) is 13.8. The molecule has 130 valence electrons. The Morgan fingerprint density at radius 3 is 2.92 bits per heavy atom. The van der Waals surface area contributed by atoms with Gasteiger partial charge in [-0.25, -0.2) is 9.67 Å². The van der Waals surface area contributed by atoms with E-state index in [2.05, 4.69) is 52.7 Å². The molecule has 2 heterocycles. The molecule has 0 spiro atoms. The van der Waals surface area contributed by atoms with Gasteiger partial charge in [-0.3, -0.25) is 4.79 Å². The van der Waals surface area contributed by atoms with Crippen LogP contribution in [0.4, 0.5) is 5.13 Å². The molecular weight excluding hydrogens is 346 g/mol. The van der Waals surface area contributed by atoms with Crippen LogP contribution in [-0.2, 0) is 11.3 Å². The smallest absolute Gasteiger partial charge is 0.247 e. The highest BCUT2D eigenvalue weighted by molar-refractivity contribution is 7.14. The maximum atomic E-state index is 12.4. The van der Waals surface area contributed by atoms with Crippen LogP contribution in [0.25, 0.3) is 22.3 Å². The molecule has 4 rings (SSSR count). The minimum absolute atomic E-state index is 0.0961. The van der Waals surface area contributed by atoms with E-state index in [1.54, 1.807) is 4.68 Å². The Kier molecular flexibility index (Phi) is 4.22. The fourth-order valence-corrected chi connectivity index (χ4v) is 3.52. The molecule has 6 nitrogen and oxygen atoms in total. The predicted octanol–water partition coefficient (Wildman–Crippen LogP) is 3.81. The zero-order valence-corrected chi connectivity index (χ0v) is 15.2. The van der Waals surface area contributed by atoms with E-state index in [1.165, 1.54) is 16.9 Å². The normalized spacial score (nSPS) is 11.0. The number of hydrogen-bond acceptors (Lipinski definition) is 5. The maximum Gasteiger partial charge on any atom is 0.247 e. The van der Waals surface area contributed by atoms with Gasteiger partial charge in [0.2, 0.25) is 5.91 Å². The summed E-state index contributed by atoms with van der Waals surface area (Å²) in [4.78, 5) is 16.9. The molecule has 7 heteroatoms. The number of fused-ring (bicyclic) bond motifs is 1. The van der Waals surface area contributed by atoms with E-state index in [0.29, 0.717) is 5.13 Å². The number of carbonyl (C=O) groups is 1. The van der Waals surface area contributed by atoms with Crippen LogP contribution < -0.4 is 5.32 Å². The Bertz CT molecular complexity index is 1100. The number of aromatic nitrogens is 4. The van der Waals surface area contributed by atoms with Gasteiger partial charge >= 0.3 is 0 Å². The van der Waals surface area contributed by atoms with Crippen LogP contribution in [0.2, 0.25) is 0 Å². The van der Waals surface area contributed by atoms with Crippen molar-refractivity contribution in [3.8, 4) is 11.3 Å². The summed E-state index contributed by atoms with van der Waals surface area (Å²) < 4.78 is 1.59. The van der Waals surface area contributed by atoms with Crippen molar-refractivity contribution in [3.63, 3.8) is 0 Å². The SMILES string of the molecule is Cc1ccc(C)c(-c2csc(NC(=O)Cn3nnc4ccccc43)n2)c1. The summed E-state index contributed by atoms with van der Waals surface area (Å²) in [5.74, 6) is -0.178. The summed E-state index contributed by atoms with van der Waals surface area (Å²) in [6.07, 6.45) is 0. The molecule has 0 radical (unpaired) electrons. The lowest BCUT2D eigenvalue weighted by molar-refractivity contribution is -0.116. The summed E-state index contributed by atoms with van der Waals surface area (Å²) in [5.41, 5.74) is 5.90. The summed E-state index contributed by atoms with van der Waals surface area (Å²) in [6.45, 7) is 4.21. The van der Waals surface area contributed by atoms with E-state index in [0.717, 1.165) is 27.9 Å². The molecule has 0 aliphatic rings. The number of amides is 1. The molecule has 0 bridgehead atoms. The monoisotopic (exact) mass is 363 g/mol. The van der Waals surface area contributed by atoms with Crippen LogP contribution in [0.5, 0.6) is 0 Å². The number of rotatable bonds is 4. The van der Waals surface area contributed by atoms with E-state index >= 15 is 0 Å². The number of aryl methyl sites for hydroxylation is 2. The second-order valence-corrected chi connectivity index (χ2v) is 7.00. The van der Waals surface area contributed by atoms with Crippen molar-refractivity contribution in [3.05, 3.63) is 59.0 Å². The van der Waals surface area contributed by atoms with E-state index < -0.39 is 0 Å². The summed E-state index contributed by atoms with van der Waals surface area (Å²) in [7, 11) is 0. The molecule has 1 amide bonds. The first-order valence-electron chi connectivity index (χ1n) is 8.21. The third-order valence-corrected chi connectivity index (χ3v) is 4.89. The lowest BCUT2D eigenvalue weighted by atomic mass is 10.0. The summed E-state index contributed by atoms with van der Waals surface area (Å²) >= 11 is 1.42. The molecule has 0 atom stereocenters. The van der Waals surface area contributed by atoms with E-state index in [-0.39, 0.29) is 12.5 Å². The molecule has 0 aliphatic carbocycles. The van der Waals surface area contributed by atoms with Crippen molar-refractivity contribution in [2.24, 2.45) is 0 Å². The second kappa shape index (κ2) is 6.68. The fourth-order valence-electron chi connectivity index (χ4n) is 2.80. The van der Waals surface area contributed by atoms with Crippen molar-refractivity contribution >= 4 is 33.4 Å². The molecule has 2 aromatic heterocycles. The Balaban J connectivity index is 1.50. The van der Waals surface area contributed by atoms with Crippen LogP contribution in [0.3, 0.4) is 0 Å². The van der Waals surface area contributed by atoms with E-state index in [9.17, 15) is 4.79 Å². The van der Waals surface area contributed by atoms with Gasteiger partial charge in [0.1, 0.15) is 12.1 Å². The fraction of sp³-hybridized carbons (Fsp3) is 0.158. The van der Waals surface area contributed by atoms with E-state index in [4.69, 9.17) is 0 Å². The van der Waals surface area contributed by atoms with Crippen molar-refractivity contribution in [2.75, 3.05) is 5.32 Å². The van der Waals surface area contributed by atoms with Gasteiger partial charge in [-0.15, -0.1) is 16.4 Å². The number of thiazole rings is 1. The average Bonchev–Trinajstić information content (AvgIpc) is 3.25. The first-order valence-corrected chi connectivity index (χ1v) is 9.09. The third kappa shape index (κ3) is 3.21. The predicted molar refractivity (Wildman–Crippen MR) is 103 cm³/mol. The zero-order chi connectivity index (χ0) is 18.1. The Hall–Kier alpha value is -3.06. The van der Waals surface area contributed by atoms with Gasteiger partial charge in [-0.05, 0) is 37.6 Å². The topological polar surface area (TPSA) is 72.7 Å². The van der Waals surface area contributed by atoms with Gasteiger partial charge in [0.05, 0.1) is 11.2 Å². The van der Waals surface area contributed by atoms with Gasteiger partial charge in [0.15, 0.2) is 5.13 Å². The highest BCUT2D eigenvalue weighted by Crippen LogP contribution is 2.28. The highest BCUT2D eigenvalue weighted by atomic mass is 32.1. The molecule has 4 aromatic rings. The first-order chi connectivity index (χ1) is 12.6. The standard InChI is InChI=1S/C19H17N5OS/c1-12-7-8-13(2)14(9-12)16-11-26-19(20-16)21-18(25)10-24-17-6-4-3-5-15(17)22-23-24/h3-9,11H,10H2,1-2H3,(H,20,21,25). The van der Waals surface area contributed by atoms with Crippen LogP contribution >= 0.6 is 11.3 Å². The molecule has 2 aromatic carbocycles. The van der Waals surface area contributed by atoms with Gasteiger partial charge < -0.3 is 5.32 Å².